The van der Waals surface area contributed by atoms with E-state index in [0.717, 1.165) is 21.5 Å². The van der Waals surface area contributed by atoms with Crippen LogP contribution < -0.4 is 9.62 Å². The van der Waals surface area contributed by atoms with Crippen LogP contribution in [-0.2, 0) is 37.8 Å². The van der Waals surface area contributed by atoms with Crippen LogP contribution in [0.25, 0.3) is 0 Å². The lowest BCUT2D eigenvalue weighted by Gasteiger charge is -2.23. The summed E-state index contributed by atoms with van der Waals surface area (Å²) >= 11 is 12.1. The van der Waals surface area contributed by atoms with Gasteiger partial charge in [-0.2, -0.15) is 4.31 Å². The van der Waals surface area contributed by atoms with E-state index in [1.165, 1.54) is 58.9 Å². The van der Waals surface area contributed by atoms with Gasteiger partial charge in [0.1, 0.15) is 5.82 Å². The van der Waals surface area contributed by atoms with Crippen molar-refractivity contribution in [2.75, 3.05) is 22.7 Å². The van der Waals surface area contributed by atoms with Crippen LogP contribution in [0.4, 0.5) is 15.8 Å². The Morgan fingerprint density at radius 1 is 0.930 bits per heavy atom. The second kappa shape index (κ2) is 12.3. The summed E-state index contributed by atoms with van der Waals surface area (Å²) in [6.07, 6.45) is 0.475. The first kappa shape index (κ1) is 31.0. The third kappa shape index (κ3) is 6.56. The molecule has 0 spiro atoms. The highest BCUT2D eigenvalue weighted by molar-refractivity contribution is 7.92. The van der Waals surface area contributed by atoms with E-state index in [2.05, 4.69) is 5.32 Å². The van der Waals surface area contributed by atoms with Crippen molar-refractivity contribution in [3.8, 4) is 0 Å². The Bertz CT molecular complexity index is 1880. The highest BCUT2D eigenvalue weighted by Gasteiger charge is 2.32. The van der Waals surface area contributed by atoms with E-state index in [0.29, 0.717) is 17.1 Å². The SMILES string of the molecule is Cc1ccc(S(=O)(=O)N(CC(=O)Nc2ccc3c(c2)N(S(=O)(=O)c2ccc(Cl)cc2)CC3)Cc2c(F)cccc2Cl)cc1. The number of halogens is 3. The van der Waals surface area contributed by atoms with Gasteiger partial charge in [-0.25, -0.2) is 21.2 Å². The van der Waals surface area contributed by atoms with Crippen molar-refractivity contribution in [2.24, 2.45) is 0 Å². The molecule has 0 aliphatic carbocycles. The maximum absolute atomic E-state index is 14.7. The first-order valence-corrected chi connectivity index (χ1v) is 16.7. The van der Waals surface area contributed by atoms with Crippen molar-refractivity contribution in [3.05, 3.63) is 117 Å². The average Bonchev–Trinajstić information content (AvgIpc) is 3.39. The Balaban J connectivity index is 1.41. The molecule has 5 rings (SSSR count). The fraction of sp³-hybridized carbons (Fsp3) is 0.167. The van der Waals surface area contributed by atoms with Gasteiger partial charge in [0.15, 0.2) is 0 Å². The lowest BCUT2D eigenvalue weighted by atomic mass is 10.1. The molecule has 4 aromatic rings. The van der Waals surface area contributed by atoms with Gasteiger partial charge in [-0.15, -0.1) is 0 Å². The summed E-state index contributed by atoms with van der Waals surface area (Å²) in [6, 6.07) is 20.7. The summed E-state index contributed by atoms with van der Waals surface area (Å²) in [4.78, 5) is 13.3. The number of carbonyl (C=O) groups is 1. The minimum Gasteiger partial charge on any atom is -0.325 e. The zero-order chi connectivity index (χ0) is 30.9. The predicted octanol–water partition coefficient (Wildman–Crippen LogP) is 6.02. The van der Waals surface area contributed by atoms with Gasteiger partial charge >= 0.3 is 0 Å². The number of hydrogen-bond acceptors (Lipinski definition) is 5. The van der Waals surface area contributed by atoms with Gasteiger partial charge in [0.05, 0.1) is 22.0 Å². The predicted molar refractivity (Wildman–Crippen MR) is 165 cm³/mol. The number of rotatable bonds is 9. The molecular weight excluding hydrogens is 636 g/mol. The first-order valence-electron chi connectivity index (χ1n) is 13.1. The molecule has 1 amide bonds. The van der Waals surface area contributed by atoms with Gasteiger partial charge in [0, 0.05) is 34.4 Å². The van der Waals surface area contributed by atoms with Crippen LogP contribution in [-0.4, -0.2) is 40.1 Å². The van der Waals surface area contributed by atoms with E-state index in [1.807, 2.05) is 0 Å². The molecule has 8 nitrogen and oxygen atoms in total. The number of sulfonamides is 2. The van der Waals surface area contributed by atoms with Gasteiger partial charge in [-0.1, -0.05) is 53.0 Å². The number of hydrogen-bond donors (Lipinski definition) is 1. The number of carbonyl (C=O) groups excluding carboxylic acids is 1. The number of fused-ring (bicyclic) bond motifs is 1. The molecule has 0 atom stereocenters. The van der Waals surface area contributed by atoms with Crippen LogP contribution in [0.15, 0.2) is 94.7 Å². The smallest absolute Gasteiger partial charge is 0.264 e. The second-order valence-corrected chi connectivity index (χ2v) is 14.6. The van der Waals surface area contributed by atoms with Crippen molar-refractivity contribution in [1.29, 1.82) is 0 Å². The molecule has 1 heterocycles. The van der Waals surface area contributed by atoms with Crippen molar-refractivity contribution in [2.45, 2.75) is 29.7 Å². The maximum Gasteiger partial charge on any atom is 0.264 e. The topological polar surface area (TPSA) is 104 Å². The molecule has 0 bridgehead atoms. The molecule has 43 heavy (non-hydrogen) atoms. The molecule has 0 saturated carbocycles. The number of nitrogens with zero attached hydrogens (tertiary/aromatic N) is 2. The summed E-state index contributed by atoms with van der Waals surface area (Å²) in [5, 5.41) is 3.08. The molecule has 13 heteroatoms. The van der Waals surface area contributed by atoms with Crippen LogP contribution >= 0.6 is 23.2 Å². The number of nitrogens with one attached hydrogen (secondary N) is 1. The third-order valence-corrected chi connectivity index (χ3v) is 11.2. The maximum atomic E-state index is 14.7. The van der Waals surface area contributed by atoms with Crippen molar-refractivity contribution >= 4 is 60.5 Å². The average molecular weight is 663 g/mol. The van der Waals surface area contributed by atoms with E-state index in [1.54, 1.807) is 31.2 Å². The van der Waals surface area contributed by atoms with Crippen molar-refractivity contribution in [3.63, 3.8) is 0 Å². The number of amides is 1. The highest BCUT2D eigenvalue weighted by atomic mass is 35.5. The lowest BCUT2D eigenvalue weighted by Crippen LogP contribution is -2.38. The number of benzene rings is 4. The van der Waals surface area contributed by atoms with E-state index >= 15 is 0 Å². The summed E-state index contributed by atoms with van der Waals surface area (Å²) < 4.78 is 70.7. The van der Waals surface area contributed by atoms with Crippen LogP contribution in [0.5, 0.6) is 0 Å². The first-order chi connectivity index (χ1) is 20.4. The summed E-state index contributed by atoms with van der Waals surface area (Å²) in [5.41, 5.74) is 2.19. The lowest BCUT2D eigenvalue weighted by molar-refractivity contribution is -0.116. The molecule has 1 N–H and O–H groups in total. The Labute approximate surface area is 259 Å². The zero-order valence-corrected chi connectivity index (χ0v) is 25.9. The van der Waals surface area contributed by atoms with E-state index < -0.39 is 44.9 Å². The van der Waals surface area contributed by atoms with Crippen LogP contribution in [0.1, 0.15) is 16.7 Å². The van der Waals surface area contributed by atoms with Gasteiger partial charge in [-0.3, -0.25) is 9.10 Å². The summed E-state index contributed by atoms with van der Waals surface area (Å²) in [7, 11) is -8.16. The van der Waals surface area contributed by atoms with E-state index in [4.69, 9.17) is 23.2 Å². The number of anilines is 2. The molecule has 1 aliphatic rings. The Hall–Kier alpha value is -3.48. The summed E-state index contributed by atoms with van der Waals surface area (Å²) in [5.74, 6) is -1.43. The highest BCUT2D eigenvalue weighted by Crippen LogP contribution is 2.35. The molecule has 1 aliphatic heterocycles. The van der Waals surface area contributed by atoms with Gasteiger partial charge in [-0.05, 0) is 79.6 Å². The molecule has 4 aromatic carbocycles. The monoisotopic (exact) mass is 661 g/mol. The minimum atomic E-state index is -4.26. The molecule has 0 aromatic heterocycles. The standard InChI is InChI=1S/C30H26Cl2FN3O5S2/c1-20-5-11-24(12-6-20)42(38,39)35(18-26-27(32)3-2-4-28(26)33)19-30(37)34-23-10-7-21-15-16-36(29(21)17-23)43(40,41)25-13-8-22(31)9-14-25/h2-14,17H,15-16,18-19H2,1H3,(H,34,37). The molecule has 224 valence electrons. The molecule has 0 fully saturated rings. The van der Waals surface area contributed by atoms with E-state index in [-0.39, 0.29) is 32.6 Å². The van der Waals surface area contributed by atoms with Gasteiger partial charge in [0.25, 0.3) is 10.0 Å². The molecule has 0 unspecified atom stereocenters. The van der Waals surface area contributed by atoms with Crippen molar-refractivity contribution in [1.82, 2.24) is 4.31 Å². The Morgan fingerprint density at radius 3 is 2.28 bits per heavy atom. The molecule has 0 radical (unpaired) electrons. The largest absolute Gasteiger partial charge is 0.325 e. The summed E-state index contributed by atoms with van der Waals surface area (Å²) in [6.45, 7) is 0.861. The zero-order valence-electron chi connectivity index (χ0n) is 22.8. The quantitative estimate of drug-likeness (QED) is 0.236. The Kier molecular flexibility index (Phi) is 8.82. The van der Waals surface area contributed by atoms with Crippen molar-refractivity contribution < 1.29 is 26.0 Å². The second-order valence-electron chi connectivity index (χ2n) is 9.96. The van der Waals surface area contributed by atoms with Gasteiger partial charge in [0.2, 0.25) is 15.9 Å². The fourth-order valence-electron chi connectivity index (χ4n) is 4.72. The van der Waals surface area contributed by atoms with Crippen LogP contribution in [0.3, 0.4) is 0 Å². The molecule has 0 saturated heterocycles. The van der Waals surface area contributed by atoms with E-state index in [9.17, 15) is 26.0 Å². The van der Waals surface area contributed by atoms with Crippen LogP contribution in [0.2, 0.25) is 10.0 Å². The Morgan fingerprint density at radius 2 is 1.60 bits per heavy atom. The molecular formula is C30H26Cl2FN3O5S2. The van der Waals surface area contributed by atoms with Crippen LogP contribution in [0, 0.1) is 12.7 Å². The fourth-order valence-corrected chi connectivity index (χ4v) is 7.92. The normalized spacial score (nSPS) is 13.3. The van der Waals surface area contributed by atoms with Gasteiger partial charge < -0.3 is 5.32 Å². The minimum absolute atomic E-state index is 0.0186. The third-order valence-electron chi connectivity index (χ3n) is 7.00. The number of aryl methyl sites for hydroxylation is 1.